The molecule has 0 aliphatic carbocycles. The van der Waals surface area contributed by atoms with Gasteiger partial charge in [0, 0.05) is 6.42 Å². The third-order valence-electron chi connectivity index (χ3n) is 8.67. The molecule has 6 N–H and O–H groups in total. The minimum atomic E-state index is -1.57. The molecule has 0 aromatic heterocycles. The standard InChI is InChI=1S/C38H69NO8/c1-3-5-6-7-8-9-10-11-12-13-14-15-16-17-18-19-20-21-22-23-24-25-26-28-32(41)31(39-34(42)27-4-2)30-46-38-37(45)36(44)35(43)33(29-40)47-38/h18-19,22-23,26,28,31-33,35-38,40-41,43-45H,3-17,20-21,24-25,27,29-30H2,1-2H3,(H,39,42)/b19-18+,23-22+,28-26+. The molecule has 0 bridgehead atoms. The summed E-state index contributed by atoms with van der Waals surface area (Å²) in [6.45, 7) is 3.36. The normalized spacial score (nSPS) is 23.3. The smallest absolute Gasteiger partial charge is 0.220 e. The highest BCUT2D eigenvalue weighted by Gasteiger charge is 2.44. The molecule has 1 aliphatic heterocycles. The van der Waals surface area contributed by atoms with Crippen LogP contribution in [0.15, 0.2) is 36.5 Å². The Morgan fingerprint density at radius 2 is 1.21 bits per heavy atom. The van der Waals surface area contributed by atoms with Crippen molar-refractivity contribution in [2.24, 2.45) is 0 Å². The third kappa shape index (κ3) is 21.2. The van der Waals surface area contributed by atoms with Crippen LogP contribution in [0.5, 0.6) is 0 Å². The summed E-state index contributed by atoms with van der Waals surface area (Å²) >= 11 is 0. The van der Waals surface area contributed by atoms with Crippen molar-refractivity contribution in [3.05, 3.63) is 36.5 Å². The molecule has 9 nitrogen and oxygen atoms in total. The highest BCUT2D eigenvalue weighted by Crippen LogP contribution is 2.22. The number of hydrogen-bond donors (Lipinski definition) is 6. The molecule has 0 radical (unpaired) electrons. The number of unbranched alkanes of at least 4 members (excludes halogenated alkanes) is 15. The summed E-state index contributed by atoms with van der Waals surface area (Å²) in [6, 6.07) is -0.820. The van der Waals surface area contributed by atoms with Gasteiger partial charge in [0.2, 0.25) is 5.91 Å². The van der Waals surface area contributed by atoms with Crippen LogP contribution in [0.1, 0.15) is 142 Å². The van der Waals surface area contributed by atoms with Crippen LogP contribution in [-0.4, -0.2) is 87.5 Å². The zero-order valence-electron chi connectivity index (χ0n) is 29.5. The van der Waals surface area contributed by atoms with Gasteiger partial charge in [0.1, 0.15) is 24.4 Å². The van der Waals surface area contributed by atoms with Crippen molar-refractivity contribution in [2.45, 2.75) is 185 Å². The molecule has 1 heterocycles. The van der Waals surface area contributed by atoms with Crippen molar-refractivity contribution >= 4 is 5.91 Å². The molecule has 0 aromatic rings. The molecule has 7 unspecified atom stereocenters. The maximum absolute atomic E-state index is 12.2. The first-order valence-electron chi connectivity index (χ1n) is 18.7. The molecule has 0 aromatic carbocycles. The van der Waals surface area contributed by atoms with E-state index in [1.165, 1.54) is 89.9 Å². The Bertz CT molecular complexity index is 833. The van der Waals surface area contributed by atoms with Crippen molar-refractivity contribution in [3.63, 3.8) is 0 Å². The monoisotopic (exact) mass is 668 g/mol. The summed E-state index contributed by atoms with van der Waals surface area (Å²) in [5.41, 5.74) is 0. The van der Waals surface area contributed by atoms with E-state index in [1.807, 2.05) is 13.0 Å². The number of amides is 1. The van der Waals surface area contributed by atoms with E-state index in [0.29, 0.717) is 6.42 Å². The molecule has 7 atom stereocenters. The third-order valence-corrected chi connectivity index (χ3v) is 8.67. The van der Waals surface area contributed by atoms with Gasteiger partial charge in [-0.25, -0.2) is 0 Å². The summed E-state index contributed by atoms with van der Waals surface area (Å²) in [6.07, 6.45) is 28.0. The van der Waals surface area contributed by atoms with Gasteiger partial charge in [-0.15, -0.1) is 0 Å². The average molecular weight is 668 g/mol. The van der Waals surface area contributed by atoms with Crippen molar-refractivity contribution < 1.29 is 39.8 Å². The Labute approximate surface area is 285 Å². The van der Waals surface area contributed by atoms with Crippen LogP contribution in [0.25, 0.3) is 0 Å². The van der Waals surface area contributed by atoms with Gasteiger partial charge in [-0.2, -0.15) is 0 Å². The quantitative estimate of drug-likeness (QED) is 0.0411. The van der Waals surface area contributed by atoms with E-state index in [1.54, 1.807) is 6.08 Å². The van der Waals surface area contributed by atoms with Gasteiger partial charge in [0.15, 0.2) is 6.29 Å². The Morgan fingerprint density at radius 3 is 1.74 bits per heavy atom. The SMILES string of the molecule is CCCCCCCCCCCCCCC/C=C/CC/C=C/CC/C=C/C(O)C(COC1OC(CO)C(O)C(O)C1O)NC(=O)CCC. The second kappa shape index (κ2) is 29.3. The minimum Gasteiger partial charge on any atom is -0.394 e. The molecule has 0 spiro atoms. The first kappa shape index (κ1) is 43.4. The van der Waals surface area contributed by atoms with Crippen LogP contribution >= 0.6 is 0 Å². The van der Waals surface area contributed by atoms with Gasteiger partial charge in [-0.1, -0.05) is 127 Å². The van der Waals surface area contributed by atoms with Gasteiger partial charge in [-0.3, -0.25) is 4.79 Å². The second-order valence-corrected chi connectivity index (χ2v) is 13.0. The van der Waals surface area contributed by atoms with Crippen LogP contribution in [-0.2, 0) is 14.3 Å². The molecule has 1 fully saturated rings. The van der Waals surface area contributed by atoms with Crippen LogP contribution in [0, 0.1) is 0 Å². The first-order valence-corrected chi connectivity index (χ1v) is 18.7. The second-order valence-electron chi connectivity index (χ2n) is 13.0. The molecule has 1 saturated heterocycles. The lowest BCUT2D eigenvalue weighted by Crippen LogP contribution is -2.60. The number of hydrogen-bond acceptors (Lipinski definition) is 8. The fourth-order valence-corrected chi connectivity index (χ4v) is 5.64. The Balaban J connectivity index is 2.20. The predicted octanol–water partition coefficient (Wildman–Crippen LogP) is 6.16. The maximum atomic E-state index is 12.2. The number of carbonyl (C=O) groups is 1. The number of nitrogens with one attached hydrogen (secondary N) is 1. The molecule has 9 heteroatoms. The molecule has 47 heavy (non-hydrogen) atoms. The summed E-state index contributed by atoms with van der Waals surface area (Å²) in [7, 11) is 0. The molecule has 1 rings (SSSR count). The van der Waals surface area contributed by atoms with E-state index in [-0.39, 0.29) is 18.9 Å². The average Bonchev–Trinajstić information content (AvgIpc) is 3.06. The molecule has 1 aliphatic rings. The van der Waals surface area contributed by atoms with E-state index >= 15 is 0 Å². The van der Waals surface area contributed by atoms with Crippen LogP contribution in [0.3, 0.4) is 0 Å². The van der Waals surface area contributed by atoms with Gasteiger partial charge in [0.05, 0.1) is 25.4 Å². The van der Waals surface area contributed by atoms with Crippen LogP contribution in [0.4, 0.5) is 0 Å². The fourth-order valence-electron chi connectivity index (χ4n) is 5.64. The Morgan fingerprint density at radius 1 is 0.702 bits per heavy atom. The van der Waals surface area contributed by atoms with Crippen molar-refractivity contribution in [2.75, 3.05) is 13.2 Å². The number of carbonyl (C=O) groups excluding carboxylic acids is 1. The molecule has 1 amide bonds. The van der Waals surface area contributed by atoms with Gasteiger partial charge in [0.25, 0.3) is 0 Å². The fraction of sp³-hybridized carbons (Fsp3) is 0.816. The number of aliphatic hydroxyl groups is 5. The maximum Gasteiger partial charge on any atom is 0.220 e. The molecular weight excluding hydrogens is 598 g/mol. The molecule has 0 saturated carbocycles. The summed E-state index contributed by atoms with van der Waals surface area (Å²) in [4.78, 5) is 12.2. The lowest BCUT2D eigenvalue weighted by atomic mass is 9.99. The van der Waals surface area contributed by atoms with E-state index in [9.17, 15) is 30.3 Å². The Kier molecular flexibility index (Phi) is 27.1. The number of ether oxygens (including phenoxy) is 2. The molecule has 274 valence electrons. The van der Waals surface area contributed by atoms with Crippen molar-refractivity contribution in [1.29, 1.82) is 0 Å². The number of aliphatic hydroxyl groups excluding tert-OH is 5. The highest BCUT2D eigenvalue weighted by atomic mass is 16.7. The zero-order chi connectivity index (χ0) is 34.5. The summed E-state index contributed by atoms with van der Waals surface area (Å²) < 4.78 is 11.0. The van der Waals surface area contributed by atoms with E-state index in [2.05, 4.69) is 36.5 Å². The topological polar surface area (TPSA) is 149 Å². The summed E-state index contributed by atoms with van der Waals surface area (Å²) in [5, 5.41) is 53.0. The van der Waals surface area contributed by atoms with Crippen molar-refractivity contribution in [3.8, 4) is 0 Å². The predicted molar refractivity (Wildman–Crippen MR) is 189 cm³/mol. The Hall–Kier alpha value is -1.59. The van der Waals surface area contributed by atoms with Crippen LogP contribution in [0.2, 0.25) is 0 Å². The van der Waals surface area contributed by atoms with Crippen molar-refractivity contribution in [1.82, 2.24) is 5.32 Å². The lowest BCUT2D eigenvalue weighted by molar-refractivity contribution is -0.302. The molecular formula is C38H69NO8. The van der Waals surface area contributed by atoms with Gasteiger partial charge in [-0.05, 0) is 44.9 Å². The van der Waals surface area contributed by atoms with Gasteiger partial charge < -0.3 is 40.3 Å². The minimum absolute atomic E-state index is 0.212. The van der Waals surface area contributed by atoms with Gasteiger partial charge >= 0.3 is 0 Å². The van der Waals surface area contributed by atoms with E-state index in [4.69, 9.17) is 9.47 Å². The zero-order valence-corrected chi connectivity index (χ0v) is 29.5. The largest absolute Gasteiger partial charge is 0.394 e. The van der Waals surface area contributed by atoms with E-state index < -0.39 is 49.5 Å². The van der Waals surface area contributed by atoms with E-state index in [0.717, 1.165) is 25.7 Å². The lowest BCUT2D eigenvalue weighted by Gasteiger charge is -2.40. The first-order chi connectivity index (χ1) is 22.8. The van der Waals surface area contributed by atoms with Crippen LogP contribution < -0.4 is 5.32 Å². The number of rotatable bonds is 29. The number of allylic oxidation sites excluding steroid dienone is 5. The highest BCUT2D eigenvalue weighted by molar-refractivity contribution is 5.76. The summed E-state index contributed by atoms with van der Waals surface area (Å²) in [5.74, 6) is -0.247.